The summed E-state index contributed by atoms with van der Waals surface area (Å²) in [4.78, 5) is 4.46. The van der Waals surface area contributed by atoms with Crippen molar-refractivity contribution in [2.75, 3.05) is 13.1 Å². The van der Waals surface area contributed by atoms with Crippen LogP contribution in [0.3, 0.4) is 0 Å². The second-order valence-corrected chi connectivity index (χ2v) is 4.87. The number of hydrogen-bond acceptors (Lipinski definition) is 2. The van der Waals surface area contributed by atoms with Gasteiger partial charge in [-0.15, -0.1) is 0 Å². The molecule has 0 aliphatic heterocycles. The Balaban J connectivity index is 1.79. The number of guanidine groups is 1. The lowest BCUT2D eigenvalue weighted by molar-refractivity contribution is 0.570. The minimum Gasteiger partial charge on any atom is -0.357 e. The van der Waals surface area contributed by atoms with Crippen LogP contribution in [0.4, 0.5) is 4.39 Å². The van der Waals surface area contributed by atoms with Crippen molar-refractivity contribution in [3.8, 4) is 0 Å². The number of rotatable bonds is 7. The van der Waals surface area contributed by atoms with Gasteiger partial charge in [-0.1, -0.05) is 12.1 Å². The standard InChI is InChI=1S/C16H22FN5/c1-2-18-16(19-8-4-10-22-11-5-9-21-22)20-13-14-6-3-7-15(17)12-14/h3,5-7,9,11-12H,2,4,8,10,13H2,1H3,(H2,18,19,20). The summed E-state index contributed by atoms with van der Waals surface area (Å²) in [6.07, 6.45) is 4.67. The number of nitrogens with one attached hydrogen (secondary N) is 2. The fourth-order valence-electron chi connectivity index (χ4n) is 2.03. The Kier molecular flexibility index (Phi) is 6.41. The highest BCUT2D eigenvalue weighted by molar-refractivity contribution is 5.79. The number of aromatic nitrogens is 2. The van der Waals surface area contributed by atoms with E-state index >= 15 is 0 Å². The highest BCUT2D eigenvalue weighted by Crippen LogP contribution is 2.04. The molecule has 0 radical (unpaired) electrons. The molecule has 0 saturated heterocycles. The first-order valence-electron chi connectivity index (χ1n) is 7.52. The number of hydrogen-bond donors (Lipinski definition) is 2. The maximum atomic E-state index is 13.1. The van der Waals surface area contributed by atoms with Crippen LogP contribution in [0.25, 0.3) is 0 Å². The van der Waals surface area contributed by atoms with Crippen molar-refractivity contribution < 1.29 is 4.39 Å². The Hall–Kier alpha value is -2.37. The van der Waals surface area contributed by atoms with Gasteiger partial charge in [0, 0.05) is 32.0 Å². The van der Waals surface area contributed by atoms with Crippen LogP contribution < -0.4 is 10.6 Å². The molecule has 0 aliphatic carbocycles. The molecule has 22 heavy (non-hydrogen) atoms. The fraction of sp³-hybridized carbons (Fsp3) is 0.375. The van der Waals surface area contributed by atoms with Gasteiger partial charge in [0.25, 0.3) is 0 Å². The van der Waals surface area contributed by atoms with E-state index in [1.165, 1.54) is 12.1 Å². The monoisotopic (exact) mass is 303 g/mol. The van der Waals surface area contributed by atoms with Crippen molar-refractivity contribution in [3.05, 3.63) is 54.1 Å². The summed E-state index contributed by atoms with van der Waals surface area (Å²) < 4.78 is 15.0. The predicted molar refractivity (Wildman–Crippen MR) is 86.1 cm³/mol. The van der Waals surface area contributed by atoms with Gasteiger partial charge < -0.3 is 10.6 Å². The average Bonchev–Trinajstić information content (AvgIpc) is 3.02. The molecule has 118 valence electrons. The Morgan fingerprint density at radius 2 is 2.23 bits per heavy atom. The zero-order valence-electron chi connectivity index (χ0n) is 12.8. The molecule has 0 bridgehead atoms. The van der Waals surface area contributed by atoms with E-state index < -0.39 is 0 Å². The molecule has 0 amide bonds. The molecule has 0 fully saturated rings. The van der Waals surface area contributed by atoms with Crippen molar-refractivity contribution in [1.82, 2.24) is 20.4 Å². The quantitative estimate of drug-likeness (QED) is 0.468. The van der Waals surface area contributed by atoms with Gasteiger partial charge in [0.05, 0.1) is 6.54 Å². The third-order valence-corrected chi connectivity index (χ3v) is 3.07. The van der Waals surface area contributed by atoms with Crippen LogP contribution in [0.5, 0.6) is 0 Å². The summed E-state index contributed by atoms with van der Waals surface area (Å²) in [5.41, 5.74) is 0.855. The van der Waals surface area contributed by atoms with Gasteiger partial charge in [0.15, 0.2) is 5.96 Å². The number of nitrogens with zero attached hydrogens (tertiary/aromatic N) is 3. The van der Waals surface area contributed by atoms with E-state index in [1.807, 2.05) is 29.9 Å². The highest BCUT2D eigenvalue weighted by Gasteiger charge is 1.99. The average molecular weight is 303 g/mol. The molecule has 6 heteroatoms. The first kappa shape index (κ1) is 16.0. The Labute approximate surface area is 130 Å². The van der Waals surface area contributed by atoms with Crippen molar-refractivity contribution in [1.29, 1.82) is 0 Å². The van der Waals surface area contributed by atoms with E-state index in [-0.39, 0.29) is 5.82 Å². The van der Waals surface area contributed by atoms with E-state index in [2.05, 4.69) is 20.7 Å². The Morgan fingerprint density at radius 3 is 2.95 bits per heavy atom. The van der Waals surface area contributed by atoms with Gasteiger partial charge in [0.1, 0.15) is 5.82 Å². The lowest BCUT2D eigenvalue weighted by atomic mass is 10.2. The zero-order valence-corrected chi connectivity index (χ0v) is 12.8. The van der Waals surface area contributed by atoms with E-state index in [9.17, 15) is 4.39 Å². The zero-order chi connectivity index (χ0) is 15.6. The van der Waals surface area contributed by atoms with Gasteiger partial charge in [-0.25, -0.2) is 9.38 Å². The van der Waals surface area contributed by atoms with Crippen LogP contribution in [-0.4, -0.2) is 28.8 Å². The topological polar surface area (TPSA) is 54.2 Å². The van der Waals surface area contributed by atoms with Gasteiger partial charge in [-0.2, -0.15) is 5.10 Å². The molecule has 0 aliphatic rings. The summed E-state index contributed by atoms with van der Waals surface area (Å²) in [5.74, 6) is 0.511. The van der Waals surface area contributed by atoms with Gasteiger partial charge >= 0.3 is 0 Å². The number of benzene rings is 1. The summed E-state index contributed by atoms with van der Waals surface area (Å²) in [6.45, 7) is 4.92. The van der Waals surface area contributed by atoms with Crippen molar-refractivity contribution in [3.63, 3.8) is 0 Å². The molecule has 0 spiro atoms. The lowest BCUT2D eigenvalue weighted by Crippen LogP contribution is -2.38. The number of aliphatic imine (C=N–C) groups is 1. The predicted octanol–water partition coefficient (Wildman–Crippen LogP) is 2.17. The molecule has 0 saturated carbocycles. The summed E-state index contributed by atoms with van der Waals surface area (Å²) in [5, 5.41) is 10.6. The maximum absolute atomic E-state index is 13.1. The Morgan fingerprint density at radius 1 is 1.32 bits per heavy atom. The minimum absolute atomic E-state index is 0.232. The molecule has 1 aromatic heterocycles. The lowest BCUT2D eigenvalue weighted by Gasteiger charge is -2.11. The Bertz CT molecular complexity index is 580. The number of aryl methyl sites for hydroxylation is 1. The molecule has 2 N–H and O–H groups in total. The van der Waals surface area contributed by atoms with Crippen LogP contribution in [0, 0.1) is 5.82 Å². The smallest absolute Gasteiger partial charge is 0.191 e. The SMILES string of the molecule is CCNC(=NCc1cccc(F)c1)NCCCn1cccn1. The summed E-state index contributed by atoms with van der Waals surface area (Å²) >= 11 is 0. The van der Waals surface area contributed by atoms with Crippen molar-refractivity contribution in [2.24, 2.45) is 4.99 Å². The third kappa shape index (κ3) is 5.55. The molecular weight excluding hydrogens is 281 g/mol. The molecule has 2 aromatic rings. The van der Waals surface area contributed by atoms with Crippen molar-refractivity contribution >= 4 is 5.96 Å². The van der Waals surface area contributed by atoms with Crippen LogP contribution in [-0.2, 0) is 13.1 Å². The molecule has 0 atom stereocenters. The van der Waals surface area contributed by atoms with E-state index in [0.717, 1.165) is 37.6 Å². The second-order valence-electron chi connectivity index (χ2n) is 4.87. The van der Waals surface area contributed by atoms with Gasteiger partial charge in [0.2, 0.25) is 0 Å². The molecule has 0 unspecified atom stereocenters. The van der Waals surface area contributed by atoms with Crippen LogP contribution >= 0.6 is 0 Å². The van der Waals surface area contributed by atoms with E-state index in [0.29, 0.717) is 6.54 Å². The fourth-order valence-corrected chi connectivity index (χ4v) is 2.03. The van der Waals surface area contributed by atoms with E-state index in [4.69, 9.17) is 0 Å². The van der Waals surface area contributed by atoms with Crippen LogP contribution in [0.15, 0.2) is 47.7 Å². The van der Waals surface area contributed by atoms with Gasteiger partial charge in [-0.05, 0) is 37.1 Å². The van der Waals surface area contributed by atoms with Crippen LogP contribution in [0.2, 0.25) is 0 Å². The first-order valence-corrected chi connectivity index (χ1v) is 7.52. The normalized spacial score (nSPS) is 11.5. The third-order valence-electron chi connectivity index (χ3n) is 3.07. The second kappa shape index (κ2) is 8.81. The molecule has 5 nitrogen and oxygen atoms in total. The molecular formula is C16H22FN5. The van der Waals surface area contributed by atoms with Gasteiger partial charge in [-0.3, -0.25) is 4.68 Å². The van der Waals surface area contributed by atoms with Crippen molar-refractivity contribution in [2.45, 2.75) is 26.4 Å². The summed E-state index contributed by atoms with van der Waals surface area (Å²) in [7, 11) is 0. The maximum Gasteiger partial charge on any atom is 0.191 e. The van der Waals surface area contributed by atoms with Crippen LogP contribution in [0.1, 0.15) is 18.9 Å². The minimum atomic E-state index is -0.232. The molecule has 2 rings (SSSR count). The number of halogens is 1. The first-order chi connectivity index (χ1) is 10.8. The highest BCUT2D eigenvalue weighted by atomic mass is 19.1. The largest absolute Gasteiger partial charge is 0.357 e. The molecule has 1 aromatic carbocycles. The molecule has 1 heterocycles. The van der Waals surface area contributed by atoms with E-state index in [1.54, 1.807) is 12.3 Å². The summed E-state index contributed by atoms with van der Waals surface area (Å²) in [6, 6.07) is 8.42.